The van der Waals surface area contributed by atoms with Crippen LogP contribution in [0.5, 0.6) is 5.75 Å². The normalized spacial score (nSPS) is 12.2. The van der Waals surface area contributed by atoms with Crippen molar-refractivity contribution in [3.8, 4) is 16.9 Å². The van der Waals surface area contributed by atoms with Crippen LogP contribution in [0, 0.1) is 0 Å². The second kappa shape index (κ2) is 15.2. The number of hydrogen-bond donors (Lipinski definition) is 1. The van der Waals surface area contributed by atoms with E-state index in [0.717, 1.165) is 42.5 Å². The number of rotatable bonds is 16. The highest BCUT2D eigenvalue weighted by molar-refractivity contribution is 5.96. The molecule has 0 fully saturated rings. The van der Waals surface area contributed by atoms with E-state index < -0.39 is 17.7 Å². The van der Waals surface area contributed by atoms with Crippen LogP contribution in [-0.4, -0.2) is 16.9 Å². The van der Waals surface area contributed by atoms with Gasteiger partial charge in [-0.05, 0) is 60.2 Å². The summed E-state index contributed by atoms with van der Waals surface area (Å²) >= 11 is 0. The maximum atomic E-state index is 12.9. The van der Waals surface area contributed by atoms with Crippen LogP contribution in [0.3, 0.4) is 0 Å². The van der Waals surface area contributed by atoms with Gasteiger partial charge in [0.05, 0.1) is 5.56 Å². The Hall–Kier alpha value is -3.61. The molecule has 0 saturated heterocycles. The minimum absolute atomic E-state index is 0.0321. The van der Waals surface area contributed by atoms with Crippen molar-refractivity contribution < 1.29 is 32.6 Å². The van der Waals surface area contributed by atoms with E-state index in [1.165, 1.54) is 37.8 Å². The van der Waals surface area contributed by atoms with E-state index in [1.807, 2.05) is 36.4 Å². The average Bonchev–Trinajstić information content (AvgIpc) is 2.94. The lowest BCUT2D eigenvalue weighted by molar-refractivity contribution is -0.138. The first-order chi connectivity index (χ1) is 19.2. The zero-order valence-corrected chi connectivity index (χ0v) is 22.9. The third kappa shape index (κ3) is 9.85. The first-order valence-electron chi connectivity index (χ1n) is 14.0. The molecule has 0 spiro atoms. The second-order valence-corrected chi connectivity index (χ2v) is 10.1. The molecule has 1 N–H and O–H groups in total. The summed E-state index contributed by atoms with van der Waals surface area (Å²) in [5.74, 6) is -0.342. The molecule has 7 heteroatoms. The molecule has 0 radical (unpaired) electrons. The van der Waals surface area contributed by atoms with Gasteiger partial charge in [-0.2, -0.15) is 13.2 Å². The number of aliphatic carboxylic acids is 1. The standard InChI is InChI=1S/C33H37F3O4/c1-2-3-4-5-6-7-10-31(27-14-12-26(13-15-27)30(37)9-8-11-32(38)39)40-29-22-18-25(19-23-29)24-16-20-28(21-17-24)33(34,35)36/h12-23,31H,2-11H2,1H3,(H,38,39). The summed E-state index contributed by atoms with van der Waals surface area (Å²) < 4.78 is 45.0. The lowest BCUT2D eigenvalue weighted by atomic mass is 9.98. The predicted octanol–water partition coefficient (Wildman–Crippen LogP) is 9.68. The maximum absolute atomic E-state index is 12.9. The molecule has 0 heterocycles. The van der Waals surface area contributed by atoms with Gasteiger partial charge in [-0.25, -0.2) is 0 Å². The number of alkyl halides is 3. The fourth-order valence-electron chi connectivity index (χ4n) is 4.57. The van der Waals surface area contributed by atoms with Gasteiger partial charge in [-0.1, -0.05) is 87.6 Å². The molecule has 1 atom stereocenters. The van der Waals surface area contributed by atoms with Crippen molar-refractivity contribution in [1.29, 1.82) is 0 Å². The molecular formula is C33H37F3O4. The average molecular weight is 555 g/mol. The molecule has 3 aromatic rings. The molecule has 0 aromatic heterocycles. The summed E-state index contributed by atoms with van der Waals surface area (Å²) in [6, 6.07) is 19.7. The van der Waals surface area contributed by atoms with Crippen molar-refractivity contribution in [3.63, 3.8) is 0 Å². The van der Waals surface area contributed by atoms with Crippen molar-refractivity contribution in [1.82, 2.24) is 0 Å². The predicted molar refractivity (Wildman–Crippen MR) is 151 cm³/mol. The SMILES string of the molecule is CCCCCCCCC(Oc1ccc(-c2ccc(C(F)(F)F)cc2)cc1)c1ccc(C(=O)CCCC(=O)O)cc1. The molecule has 0 saturated carbocycles. The van der Waals surface area contributed by atoms with Crippen molar-refractivity contribution in [3.05, 3.63) is 89.5 Å². The van der Waals surface area contributed by atoms with Crippen LogP contribution >= 0.6 is 0 Å². The highest BCUT2D eigenvalue weighted by atomic mass is 19.4. The Labute approximate surface area is 234 Å². The van der Waals surface area contributed by atoms with Crippen LogP contribution in [0.1, 0.15) is 98.7 Å². The van der Waals surface area contributed by atoms with E-state index in [-0.39, 0.29) is 24.7 Å². The highest BCUT2D eigenvalue weighted by Gasteiger charge is 2.30. The molecule has 0 aliphatic rings. The van der Waals surface area contributed by atoms with Crippen LogP contribution in [0.4, 0.5) is 13.2 Å². The molecule has 3 rings (SSSR count). The number of hydrogen-bond acceptors (Lipinski definition) is 3. The Kier molecular flexibility index (Phi) is 11.8. The van der Waals surface area contributed by atoms with E-state index in [2.05, 4.69) is 6.92 Å². The van der Waals surface area contributed by atoms with Gasteiger partial charge in [0, 0.05) is 18.4 Å². The van der Waals surface area contributed by atoms with Gasteiger partial charge in [-0.3, -0.25) is 9.59 Å². The molecule has 4 nitrogen and oxygen atoms in total. The molecule has 0 bridgehead atoms. The maximum Gasteiger partial charge on any atom is 0.416 e. The molecule has 3 aromatic carbocycles. The molecule has 0 aliphatic heterocycles. The molecule has 0 aliphatic carbocycles. The first-order valence-corrected chi connectivity index (χ1v) is 14.0. The van der Waals surface area contributed by atoms with Crippen LogP contribution in [0.25, 0.3) is 11.1 Å². The van der Waals surface area contributed by atoms with Crippen LogP contribution < -0.4 is 4.74 Å². The van der Waals surface area contributed by atoms with Crippen molar-refractivity contribution in [2.75, 3.05) is 0 Å². The van der Waals surface area contributed by atoms with Crippen molar-refractivity contribution >= 4 is 11.8 Å². The van der Waals surface area contributed by atoms with Gasteiger partial charge in [0.2, 0.25) is 0 Å². The van der Waals surface area contributed by atoms with Crippen LogP contribution in [0.15, 0.2) is 72.8 Å². The minimum atomic E-state index is -4.37. The Balaban J connectivity index is 1.69. The van der Waals surface area contributed by atoms with Gasteiger partial charge >= 0.3 is 12.1 Å². The third-order valence-corrected chi connectivity index (χ3v) is 6.90. The Morgan fingerprint density at radius 2 is 1.32 bits per heavy atom. The van der Waals surface area contributed by atoms with E-state index in [9.17, 15) is 22.8 Å². The summed E-state index contributed by atoms with van der Waals surface area (Å²) in [6.45, 7) is 2.19. The monoisotopic (exact) mass is 554 g/mol. The number of carboxylic acids is 1. The first kappa shape index (κ1) is 30.9. The van der Waals surface area contributed by atoms with Gasteiger partial charge in [0.25, 0.3) is 0 Å². The van der Waals surface area contributed by atoms with Crippen molar-refractivity contribution in [2.24, 2.45) is 0 Å². The smallest absolute Gasteiger partial charge is 0.416 e. The second-order valence-electron chi connectivity index (χ2n) is 10.1. The Morgan fingerprint density at radius 1 is 0.750 bits per heavy atom. The van der Waals surface area contributed by atoms with Crippen LogP contribution in [-0.2, 0) is 11.0 Å². The minimum Gasteiger partial charge on any atom is -0.486 e. The Bertz CT molecular complexity index is 1200. The fraction of sp³-hybridized carbons (Fsp3) is 0.394. The van der Waals surface area contributed by atoms with Crippen molar-refractivity contribution in [2.45, 2.75) is 83.4 Å². The lowest BCUT2D eigenvalue weighted by Gasteiger charge is -2.20. The zero-order valence-electron chi connectivity index (χ0n) is 22.9. The molecule has 40 heavy (non-hydrogen) atoms. The number of halogens is 3. The number of carboxylic acid groups (broad SMARTS) is 1. The zero-order chi connectivity index (χ0) is 29.0. The van der Waals surface area contributed by atoms with Gasteiger partial charge in [-0.15, -0.1) is 0 Å². The fourth-order valence-corrected chi connectivity index (χ4v) is 4.57. The summed E-state index contributed by atoms with van der Waals surface area (Å²) in [5, 5.41) is 8.79. The lowest BCUT2D eigenvalue weighted by Crippen LogP contribution is -2.09. The summed E-state index contributed by atoms with van der Waals surface area (Å²) in [5.41, 5.74) is 2.30. The van der Waals surface area contributed by atoms with E-state index >= 15 is 0 Å². The summed E-state index contributed by atoms with van der Waals surface area (Å²) in [7, 11) is 0. The van der Waals surface area contributed by atoms with Crippen LogP contribution in [0.2, 0.25) is 0 Å². The molecule has 0 amide bonds. The number of Topliss-reactive ketones (excluding diaryl/α,β-unsaturated/α-hetero) is 1. The molecule has 214 valence electrons. The number of ketones is 1. The number of carbonyl (C=O) groups is 2. The Morgan fingerprint density at radius 3 is 1.90 bits per heavy atom. The van der Waals surface area contributed by atoms with Gasteiger partial charge in [0.1, 0.15) is 11.9 Å². The van der Waals surface area contributed by atoms with Gasteiger partial charge in [0.15, 0.2) is 5.78 Å². The molecule has 1 unspecified atom stereocenters. The number of benzene rings is 3. The van der Waals surface area contributed by atoms with E-state index in [1.54, 1.807) is 12.1 Å². The van der Waals surface area contributed by atoms with E-state index in [4.69, 9.17) is 9.84 Å². The number of carbonyl (C=O) groups excluding carboxylic acids is 1. The quantitative estimate of drug-likeness (QED) is 0.141. The highest BCUT2D eigenvalue weighted by Crippen LogP contribution is 2.32. The molecular weight excluding hydrogens is 517 g/mol. The largest absolute Gasteiger partial charge is 0.486 e. The van der Waals surface area contributed by atoms with E-state index in [0.29, 0.717) is 23.3 Å². The van der Waals surface area contributed by atoms with Gasteiger partial charge < -0.3 is 9.84 Å². The summed E-state index contributed by atoms with van der Waals surface area (Å²) in [6.07, 6.45) is 3.58. The number of ether oxygens (including phenoxy) is 1. The summed E-state index contributed by atoms with van der Waals surface area (Å²) in [4.78, 5) is 23.2. The third-order valence-electron chi connectivity index (χ3n) is 6.90. The number of unbranched alkanes of at least 4 members (excludes halogenated alkanes) is 5. The topological polar surface area (TPSA) is 63.6 Å².